The van der Waals surface area contributed by atoms with Crippen LogP contribution in [0.15, 0.2) is 91.0 Å². The van der Waals surface area contributed by atoms with Gasteiger partial charge in [0.25, 0.3) is 0 Å². The average Bonchev–Trinajstić information content (AvgIpc) is 3.06. The largest absolute Gasteiger partial charge is 0.135 e. The van der Waals surface area contributed by atoms with Crippen LogP contribution >= 0.6 is 22.9 Å². The molecule has 0 unspecified atom stereocenters. The molecule has 0 aliphatic heterocycles. The van der Waals surface area contributed by atoms with E-state index < -0.39 is 0 Å². The molecule has 0 saturated carbocycles. The van der Waals surface area contributed by atoms with Gasteiger partial charge in [0.05, 0.1) is 0 Å². The van der Waals surface area contributed by atoms with Gasteiger partial charge in [0.15, 0.2) is 0 Å². The number of fused-ring (bicyclic) bond motifs is 3. The van der Waals surface area contributed by atoms with Gasteiger partial charge in [-0.2, -0.15) is 0 Å². The summed E-state index contributed by atoms with van der Waals surface area (Å²) in [5, 5.41) is 3.41. The van der Waals surface area contributed by atoms with Crippen molar-refractivity contribution in [2.45, 2.75) is 0 Å². The van der Waals surface area contributed by atoms with E-state index in [-0.39, 0.29) is 0 Å². The second-order valence-electron chi connectivity index (χ2n) is 6.34. The van der Waals surface area contributed by atoms with Crippen molar-refractivity contribution in [1.82, 2.24) is 0 Å². The fraction of sp³-hybridized carbons (Fsp3) is 0. The molecular formula is C24H15ClS. The molecule has 2 heteroatoms. The van der Waals surface area contributed by atoms with E-state index in [4.69, 9.17) is 11.6 Å². The maximum absolute atomic E-state index is 6.61. The topological polar surface area (TPSA) is 0 Å². The van der Waals surface area contributed by atoms with Crippen LogP contribution in [0.1, 0.15) is 0 Å². The third-order valence-corrected chi connectivity index (χ3v) is 6.23. The van der Waals surface area contributed by atoms with E-state index >= 15 is 0 Å². The van der Waals surface area contributed by atoms with Crippen molar-refractivity contribution in [2.75, 3.05) is 0 Å². The van der Waals surface area contributed by atoms with Crippen molar-refractivity contribution in [1.29, 1.82) is 0 Å². The highest BCUT2D eigenvalue weighted by molar-refractivity contribution is 7.25. The molecule has 5 aromatic rings. The van der Waals surface area contributed by atoms with Crippen LogP contribution in [0.5, 0.6) is 0 Å². The van der Waals surface area contributed by atoms with Gasteiger partial charge in [-0.25, -0.2) is 0 Å². The fourth-order valence-electron chi connectivity index (χ4n) is 3.56. The SMILES string of the molecule is Clc1cccc(-c2ccc3sc4ccccc4c3c2)c1-c1ccccc1. The zero-order chi connectivity index (χ0) is 17.5. The summed E-state index contributed by atoms with van der Waals surface area (Å²) in [6, 6.07) is 31.8. The number of rotatable bonds is 2. The van der Waals surface area contributed by atoms with E-state index in [2.05, 4.69) is 72.8 Å². The smallest absolute Gasteiger partial charge is 0.0490 e. The molecule has 26 heavy (non-hydrogen) atoms. The Morgan fingerprint density at radius 1 is 0.577 bits per heavy atom. The molecule has 0 amide bonds. The minimum atomic E-state index is 0.781. The summed E-state index contributed by atoms with van der Waals surface area (Å²) in [6.07, 6.45) is 0. The average molecular weight is 371 g/mol. The van der Waals surface area contributed by atoms with Crippen LogP contribution in [0.4, 0.5) is 0 Å². The van der Waals surface area contributed by atoms with Gasteiger partial charge in [-0.15, -0.1) is 11.3 Å². The first-order valence-electron chi connectivity index (χ1n) is 8.57. The van der Waals surface area contributed by atoms with Gasteiger partial charge in [0.1, 0.15) is 0 Å². The lowest BCUT2D eigenvalue weighted by atomic mass is 9.94. The van der Waals surface area contributed by atoms with Gasteiger partial charge in [-0.3, -0.25) is 0 Å². The minimum Gasteiger partial charge on any atom is -0.135 e. The quantitative estimate of drug-likeness (QED) is 0.295. The van der Waals surface area contributed by atoms with Crippen molar-refractivity contribution in [2.24, 2.45) is 0 Å². The molecule has 0 bridgehead atoms. The maximum Gasteiger partial charge on any atom is 0.0490 e. The highest BCUT2D eigenvalue weighted by atomic mass is 35.5. The Hall–Kier alpha value is -2.61. The Labute approximate surface area is 161 Å². The first kappa shape index (κ1) is 15.6. The molecule has 5 rings (SSSR count). The number of hydrogen-bond acceptors (Lipinski definition) is 1. The van der Waals surface area contributed by atoms with E-state index in [1.54, 1.807) is 0 Å². The Kier molecular flexibility index (Phi) is 3.77. The molecule has 124 valence electrons. The summed E-state index contributed by atoms with van der Waals surface area (Å²) in [5.74, 6) is 0. The van der Waals surface area contributed by atoms with Crippen LogP contribution in [-0.4, -0.2) is 0 Å². The first-order chi connectivity index (χ1) is 12.8. The predicted octanol–water partition coefficient (Wildman–Crippen LogP) is 8.04. The zero-order valence-electron chi connectivity index (χ0n) is 13.9. The standard InChI is InChI=1S/C24H15ClS/c25-21-11-6-10-18(24(21)16-7-2-1-3-8-16)17-13-14-23-20(15-17)19-9-4-5-12-22(19)26-23/h1-15H. The number of benzene rings is 4. The first-order valence-corrected chi connectivity index (χ1v) is 9.76. The molecule has 0 fully saturated rings. The summed E-state index contributed by atoms with van der Waals surface area (Å²) in [7, 11) is 0. The third-order valence-electron chi connectivity index (χ3n) is 4.76. The van der Waals surface area contributed by atoms with Crippen molar-refractivity contribution in [3.63, 3.8) is 0 Å². The van der Waals surface area contributed by atoms with E-state index in [0.717, 1.165) is 16.1 Å². The third kappa shape index (κ3) is 2.52. The normalized spacial score (nSPS) is 11.3. The second-order valence-corrected chi connectivity index (χ2v) is 7.83. The van der Waals surface area contributed by atoms with E-state index in [1.807, 2.05) is 29.5 Å². The van der Waals surface area contributed by atoms with Crippen LogP contribution in [-0.2, 0) is 0 Å². The lowest BCUT2D eigenvalue weighted by Crippen LogP contribution is -1.86. The van der Waals surface area contributed by atoms with Crippen molar-refractivity contribution in [3.05, 3.63) is 96.0 Å². The van der Waals surface area contributed by atoms with Crippen molar-refractivity contribution in [3.8, 4) is 22.3 Å². The van der Waals surface area contributed by atoms with Crippen LogP contribution in [0.3, 0.4) is 0 Å². The highest BCUT2D eigenvalue weighted by Gasteiger charge is 2.13. The van der Waals surface area contributed by atoms with E-state index in [0.29, 0.717) is 0 Å². The van der Waals surface area contributed by atoms with Crippen LogP contribution in [0.25, 0.3) is 42.4 Å². The van der Waals surface area contributed by atoms with Crippen molar-refractivity contribution >= 4 is 43.1 Å². The van der Waals surface area contributed by atoms with Gasteiger partial charge >= 0.3 is 0 Å². The van der Waals surface area contributed by atoms with Crippen LogP contribution in [0, 0.1) is 0 Å². The van der Waals surface area contributed by atoms with E-state index in [9.17, 15) is 0 Å². The predicted molar refractivity (Wildman–Crippen MR) is 115 cm³/mol. The van der Waals surface area contributed by atoms with Crippen LogP contribution < -0.4 is 0 Å². The molecule has 1 heterocycles. The summed E-state index contributed by atoms with van der Waals surface area (Å²) in [4.78, 5) is 0. The Bertz CT molecular complexity index is 1240. The molecule has 0 spiro atoms. The van der Waals surface area contributed by atoms with Crippen LogP contribution in [0.2, 0.25) is 5.02 Å². The molecule has 1 aromatic heterocycles. The zero-order valence-corrected chi connectivity index (χ0v) is 15.5. The molecule has 0 atom stereocenters. The molecule has 4 aromatic carbocycles. The van der Waals surface area contributed by atoms with Gasteiger partial charge in [-0.1, -0.05) is 78.3 Å². The van der Waals surface area contributed by atoms with Gasteiger partial charge in [0, 0.05) is 30.8 Å². The lowest BCUT2D eigenvalue weighted by molar-refractivity contribution is 1.60. The van der Waals surface area contributed by atoms with Gasteiger partial charge in [0.2, 0.25) is 0 Å². The summed E-state index contributed by atoms with van der Waals surface area (Å²) in [6.45, 7) is 0. The molecule has 0 aliphatic rings. The summed E-state index contributed by atoms with van der Waals surface area (Å²) < 4.78 is 2.65. The summed E-state index contributed by atoms with van der Waals surface area (Å²) in [5.41, 5.74) is 4.60. The minimum absolute atomic E-state index is 0.781. The number of thiophene rings is 1. The molecule has 0 nitrogen and oxygen atoms in total. The molecule has 0 radical (unpaired) electrons. The number of halogens is 1. The highest BCUT2D eigenvalue weighted by Crippen LogP contribution is 2.41. The molecule has 0 aliphatic carbocycles. The second kappa shape index (κ2) is 6.28. The Morgan fingerprint density at radius 3 is 2.23 bits per heavy atom. The lowest BCUT2D eigenvalue weighted by Gasteiger charge is -2.12. The molecule has 0 saturated heterocycles. The molecular weight excluding hydrogens is 356 g/mol. The maximum atomic E-state index is 6.61. The van der Waals surface area contributed by atoms with Gasteiger partial charge < -0.3 is 0 Å². The monoisotopic (exact) mass is 370 g/mol. The summed E-state index contributed by atoms with van der Waals surface area (Å²) >= 11 is 8.45. The number of hydrogen-bond donors (Lipinski definition) is 0. The fourth-order valence-corrected chi connectivity index (χ4v) is 4.93. The Balaban J connectivity index is 1.78. The van der Waals surface area contributed by atoms with Gasteiger partial charge in [-0.05, 0) is 41.0 Å². The van der Waals surface area contributed by atoms with E-state index in [1.165, 1.54) is 31.3 Å². The van der Waals surface area contributed by atoms with Crippen molar-refractivity contribution < 1.29 is 0 Å². The Morgan fingerprint density at radius 2 is 1.35 bits per heavy atom. The molecule has 0 N–H and O–H groups in total.